The van der Waals surface area contributed by atoms with Crippen molar-refractivity contribution in [2.24, 2.45) is 23.7 Å². The molecule has 0 aromatic heterocycles. The smallest absolute Gasteiger partial charge is 0.245 e. The molecule has 9 nitrogen and oxygen atoms in total. The normalized spacial score (nSPS) is 18.9. The Morgan fingerprint density at radius 3 is 2.20 bits per heavy atom. The fourth-order valence-corrected chi connectivity index (χ4v) is 6.68. The van der Waals surface area contributed by atoms with Crippen LogP contribution < -0.4 is 10.6 Å². The van der Waals surface area contributed by atoms with Gasteiger partial charge >= 0.3 is 0 Å². The van der Waals surface area contributed by atoms with E-state index in [1.807, 2.05) is 64.6 Å². The summed E-state index contributed by atoms with van der Waals surface area (Å²) in [4.78, 5) is 57.0. The van der Waals surface area contributed by atoms with Crippen LogP contribution in [0, 0.1) is 23.7 Å². The lowest BCUT2D eigenvalue weighted by Gasteiger charge is -2.40. The number of nitrogens with one attached hydrogen (secondary N) is 2. The van der Waals surface area contributed by atoms with E-state index in [-0.39, 0.29) is 71.8 Å². The number of ether oxygens (including phenoxy) is 1. The minimum Gasteiger partial charge on any atom is -0.379 e. The van der Waals surface area contributed by atoms with Crippen molar-refractivity contribution < 1.29 is 23.9 Å². The fraction of sp³-hybridized carbons (Fsp3) is 0.730. The van der Waals surface area contributed by atoms with E-state index < -0.39 is 12.1 Å². The number of carbonyl (C=O) groups is 4. The van der Waals surface area contributed by atoms with Crippen molar-refractivity contribution in [3.05, 3.63) is 35.9 Å². The number of hydrogen-bond acceptors (Lipinski definition) is 5. The molecule has 7 atom stereocenters. The van der Waals surface area contributed by atoms with Crippen LogP contribution in [0.25, 0.3) is 0 Å². The summed E-state index contributed by atoms with van der Waals surface area (Å²) in [5, 5.41) is 6.12. The lowest BCUT2D eigenvalue weighted by molar-refractivity contribution is -0.146. The summed E-state index contributed by atoms with van der Waals surface area (Å²) in [6.45, 7) is 16.6. The van der Waals surface area contributed by atoms with Gasteiger partial charge in [-0.1, -0.05) is 85.2 Å². The summed E-state index contributed by atoms with van der Waals surface area (Å²) in [6, 6.07) is 9.10. The average Bonchev–Trinajstić information content (AvgIpc) is 3.46. The highest BCUT2D eigenvalue weighted by Crippen LogP contribution is 2.28. The predicted molar refractivity (Wildman–Crippen MR) is 184 cm³/mol. The molecule has 1 aromatic carbocycles. The predicted octanol–water partition coefficient (Wildman–Crippen LogP) is 5.22. The molecule has 260 valence electrons. The molecule has 0 unspecified atom stereocenters. The molecule has 0 aliphatic carbocycles. The van der Waals surface area contributed by atoms with Gasteiger partial charge in [0.1, 0.15) is 6.04 Å². The minimum atomic E-state index is -0.665. The van der Waals surface area contributed by atoms with Crippen LogP contribution in [0.4, 0.5) is 0 Å². The molecule has 0 radical (unpaired) electrons. The quantitative estimate of drug-likeness (QED) is 0.229. The number of likely N-dealkylation sites (N-methyl/N-ethyl adjacent to an activating group) is 1. The summed E-state index contributed by atoms with van der Waals surface area (Å²) in [5.41, 5.74) is 1.18. The first-order chi connectivity index (χ1) is 21.7. The van der Waals surface area contributed by atoms with Crippen LogP contribution in [0.5, 0.6) is 0 Å². The van der Waals surface area contributed by atoms with Crippen LogP contribution >= 0.6 is 0 Å². The van der Waals surface area contributed by atoms with E-state index in [1.54, 1.807) is 19.1 Å². The highest BCUT2D eigenvalue weighted by atomic mass is 16.5. The lowest BCUT2D eigenvalue weighted by Crippen LogP contribution is -2.57. The third kappa shape index (κ3) is 11.7. The van der Waals surface area contributed by atoms with Gasteiger partial charge in [-0.15, -0.1) is 0 Å². The molecule has 1 aliphatic heterocycles. The van der Waals surface area contributed by atoms with Gasteiger partial charge in [0.2, 0.25) is 23.6 Å². The molecule has 1 aromatic rings. The van der Waals surface area contributed by atoms with Crippen LogP contribution in [0.3, 0.4) is 0 Å². The Bertz CT molecular complexity index is 1110. The molecule has 9 heteroatoms. The second kappa shape index (κ2) is 19.0. The van der Waals surface area contributed by atoms with Crippen molar-refractivity contribution in [2.75, 3.05) is 20.7 Å². The van der Waals surface area contributed by atoms with Crippen LogP contribution in [-0.4, -0.2) is 84.4 Å². The van der Waals surface area contributed by atoms with Gasteiger partial charge in [0.25, 0.3) is 0 Å². The Morgan fingerprint density at radius 2 is 1.63 bits per heavy atom. The van der Waals surface area contributed by atoms with Crippen molar-refractivity contribution in [2.45, 2.75) is 131 Å². The summed E-state index contributed by atoms with van der Waals surface area (Å²) in [6.07, 6.45) is 3.90. The number of nitrogens with zero attached hydrogens (tertiary/aromatic N) is 2. The second-order valence-electron chi connectivity index (χ2n) is 14.3. The molecule has 4 amide bonds. The standard InChI is InChI=1S/C37H62N4O5/c1-11-26(6)35(40(9)37(45)34(25(4)5)39-32(42)20-24(2)3)31(46-10)23-33(43)41-19-15-18-30(41)21-27(7)36(44)38-28(8)22-29-16-13-12-14-17-29/h12-14,16-17,24-28,30-31,34-35H,11,15,18-23H2,1-10H3,(H,38,44)(H,39,42)/t26-,27+,28+,30-,31+,34-,35-/m1/s1. The Morgan fingerprint density at radius 1 is 0.978 bits per heavy atom. The summed E-state index contributed by atoms with van der Waals surface area (Å²) < 4.78 is 5.97. The first-order valence-corrected chi connectivity index (χ1v) is 17.4. The number of benzene rings is 1. The van der Waals surface area contributed by atoms with Crippen LogP contribution in [0.1, 0.15) is 99.5 Å². The first kappa shape index (κ1) is 39.2. The average molecular weight is 643 g/mol. The Balaban J connectivity index is 2.10. The third-order valence-electron chi connectivity index (χ3n) is 9.47. The maximum absolute atomic E-state index is 13.9. The van der Waals surface area contributed by atoms with E-state index in [0.29, 0.717) is 19.4 Å². The van der Waals surface area contributed by atoms with E-state index in [4.69, 9.17) is 4.74 Å². The Labute approximate surface area is 278 Å². The van der Waals surface area contributed by atoms with Crippen molar-refractivity contribution in [1.29, 1.82) is 0 Å². The second-order valence-corrected chi connectivity index (χ2v) is 14.3. The Kier molecular flexibility index (Phi) is 16.2. The number of rotatable bonds is 18. The zero-order valence-electron chi connectivity index (χ0n) is 30.2. The summed E-state index contributed by atoms with van der Waals surface area (Å²) >= 11 is 0. The topological polar surface area (TPSA) is 108 Å². The SMILES string of the molecule is CC[C@@H](C)[C@H]([C@H](CC(=O)N1CCC[C@@H]1C[C@H](C)C(=O)N[C@@H](C)Cc1ccccc1)OC)N(C)C(=O)[C@H](NC(=O)CC(C)C)C(C)C. The highest BCUT2D eigenvalue weighted by Gasteiger charge is 2.39. The molecule has 1 heterocycles. The molecule has 0 saturated carbocycles. The Hall–Kier alpha value is -2.94. The fourth-order valence-electron chi connectivity index (χ4n) is 6.68. The molecule has 0 spiro atoms. The van der Waals surface area contributed by atoms with Crippen molar-refractivity contribution in [1.82, 2.24) is 20.4 Å². The van der Waals surface area contributed by atoms with E-state index in [0.717, 1.165) is 25.7 Å². The highest BCUT2D eigenvalue weighted by molar-refractivity contribution is 5.88. The van der Waals surface area contributed by atoms with Gasteiger partial charge in [-0.3, -0.25) is 19.2 Å². The molecular formula is C37H62N4O5. The third-order valence-corrected chi connectivity index (χ3v) is 9.47. The van der Waals surface area contributed by atoms with Crippen LogP contribution in [0.15, 0.2) is 30.3 Å². The molecule has 0 bridgehead atoms. The van der Waals surface area contributed by atoms with Gasteiger partial charge in [-0.05, 0) is 55.9 Å². The number of hydrogen-bond donors (Lipinski definition) is 2. The van der Waals surface area contributed by atoms with E-state index in [1.165, 1.54) is 5.56 Å². The molecule has 1 aliphatic rings. The monoisotopic (exact) mass is 642 g/mol. The van der Waals surface area contributed by atoms with Gasteiger partial charge in [0, 0.05) is 45.1 Å². The maximum Gasteiger partial charge on any atom is 0.245 e. The van der Waals surface area contributed by atoms with E-state index >= 15 is 0 Å². The lowest BCUT2D eigenvalue weighted by atomic mass is 9.89. The number of likely N-dealkylation sites (tertiary alicyclic amines) is 1. The maximum atomic E-state index is 13.9. The molecule has 46 heavy (non-hydrogen) atoms. The van der Waals surface area contributed by atoms with Gasteiger partial charge in [0.15, 0.2) is 0 Å². The zero-order chi connectivity index (χ0) is 34.6. The van der Waals surface area contributed by atoms with Gasteiger partial charge < -0.3 is 25.2 Å². The summed E-state index contributed by atoms with van der Waals surface area (Å²) in [7, 11) is 3.36. The minimum absolute atomic E-state index is 0.00895. The van der Waals surface area contributed by atoms with Crippen LogP contribution in [-0.2, 0) is 30.3 Å². The largest absolute Gasteiger partial charge is 0.379 e. The molecule has 2 N–H and O–H groups in total. The van der Waals surface area contributed by atoms with Crippen molar-refractivity contribution in [3.63, 3.8) is 0 Å². The zero-order valence-corrected chi connectivity index (χ0v) is 30.2. The van der Waals surface area contributed by atoms with Crippen LogP contribution in [0.2, 0.25) is 0 Å². The summed E-state index contributed by atoms with van der Waals surface area (Å²) in [5.74, 6) is -0.402. The van der Waals surface area contributed by atoms with Gasteiger partial charge in [-0.2, -0.15) is 0 Å². The number of methoxy groups -OCH3 is 1. The van der Waals surface area contributed by atoms with Gasteiger partial charge in [-0.25, -0.2) is 0 Å². The van der Waals surface area contributed by atoms with Crippen molar-refractivity contribution >= 4 is 23.6 Å². The number of carbonyl (C=O) groups excluding carboxylic acids is 4. The molecule has 1 saturated heterocycles. The van der Waals surface area contributed by atoms with E-state index in [2.05, 4.69) is 36.6 Å². The van der Waals surface area contributed by atoms with Gasteiger partial charge in [0.05, 0.1) is 18.6 Å². The number of amides is 4. The van der Waals surface area contributed by atoms with Crippen molar-refractivity contribution in [3.8, 4) is 0 Å². The molecule has 1 fully saturated rings. The molecule has 2 rings (SSSR count). The first-order valence-electron chi connectivity index (χ1n) is 17.4. The van der Waals surface area contributed by atoms with E-state index in [9.17, 15) is 19.2 Å². The molecular weight excluding hydrogens is 580 g/mol.